The van der Waals surface area contributed by atoms with E-state index in [1.54, 1.807) is 0 Å². The van der Waals surface area contributed by atoms with Gasteiger partial charge in [0.05, 0.1) is 0 Å². The molecule has 0 unspecified atom stereocenters. The fourth-order valence-corrected chi connectivity index (χ4v) is 20.5. The van der Waals surface area contributed by atoms with E-state index < -0.39 is 18.4 Å². The van der Waals surface area contributed by atoms with Crippen molar-refractivity contribution in [3.05, 3.63) is 42.1 Å². The quantitative estimate of drug-likeness (QED) is 0.294. The van der Waals surface area contributed by atoms with Crippen LogP contribution >= 0.6 is 0 Å². The van der Waals surface area contributed by atoms with Gasteiger partial charge in [-0.25, -0.2) is 0 Å². The minimum atomic E-state index is -2.59. The van der Waals surface area contributed by atoms with E-state index in [-0.39, 0.29) is 18.5 Å². The Morgan fingerprint density at radius 1 is 0.971 bits per heavy atom. The van der Waals surface area contributed by atoms with Crippen LogP contribution in [0, 0.1) is 0 Å². The SMILES string of the molecule is CCC[CH2][Sn]([CH2]CCC)([CH2]CCC)[c]1cn(CC(=O)NC2CCN(Cc3ccccc3)CC2)nn1. The summed E-state index contributed by atoms with van der Waals surface area (Å²) in [7, 11) is 0. The number of benzene rings is 1. The fourth-order valence-electron chi connectivity index (χ4n) is 5.42. The van der Waals surface area contributed by atoms with Gasteiger partial charge in [0.1, 0.15) is 0 Å². The second-order valence-corrected chi connectivity index (χ2v) is 23.5. The third-order valence-corrected chi connectivity index (χ3v) is 22.6. The normalized spacial score (nSPS) is 15.4. The van der Waals surface area contributed by atoms with Gasteiger partial charge in [-0.3, -0.25) is 0 Å². The Bertz CT molecular complexity index is 841. The van der Waals surface area contributed by atoms with Crippen molar-refractivity contribution >= 4 is 28.0 Å². The molecular formula is C28H47N5OSn. The van der Waals surface area contributed by atoms with Crippen LogP contribution in [0.1, 0.15) is 77.7 Å². The Kier molecular flexibility index (Phi) is 12.1. The number of amides is 1. The summed E-state index contributed by atoms with van der Waals surface area (Å²) < 4.78 is 7.23. The van der Waals surface area contributed by atoms with Gasteiger partial charge in [-0.2, -0.15) is 0 Å². The summed E-state index contributed by atoms with van der Waals surface area (Å²) >= 11 is -2.59. The summed E-state index contributed by atoms with van der Waals surface area (Å²) in [5.74, 6) is 0.0689. The van der Waals surface area contributed by atoms with Gasteiger partial charge in [-0.1, -0.05) is 30.3 Å². The van der Waals surface area contributed by atoms with Crippen molar-refractivity contribution in [3.63, 3.8) is 0 Å². The molecule has 1 aromatic carbocycles. The molecule has 0 aliphatic carbocycles. The standard InChI is InChI=1S/C16H20N5O.3C4H9.Sn/c22-16(13-21-11-8-17-19-21)18-15-6-9-20(10-7-15)12-14-4-2-1-3-5-14;3*1-3-4-2;/h1-5,11,15H,6-7,9-10,12-13H2,(H,18,22);3*1,3-4H2,2H3;. The number of piperidine rings is 1. The summed E-state index contributed by atoms with van der Waals surface area (Å²) in [6.07, 6.45) is 11.8. The van der Waals surface area contributed by atoms with Crippen LogP contribution in [0.15, 0.2) is 36.5 Å². The van der Waals surface area contributed by atoms with Gasteiger partial charge in [0.2, 0.25) is 0 Å². The number of carbonyl (C=O) groups is 1. The third-order valence-electron chi connectivity index (χ3n) is 7.62. The van der Waals surface area contributed by atoms with E-state index in [1.165, 1.54) is 61.1 Å². The van der Waals surface area contributed by atoms with E-state index in [4.69, 9.17) is 5.10 Å². The Hall–Kier alpha value is -1.41. The number of nitrogens with one attached hydrogen (secondary N) is 1. The maximum atomic E-state index is 12.8. The summed E-state index contributed by atoms with van der Waals surface area (Å²) in [6, 6.07) is 10.9. The zero-order chi connectivity index (χ0) is 24.9. The van der Waals surface area contributed by atoms with Gasteiger partial charge in [0.25, 0.3) is 0 Å². The Labute approximate surface area is 217 Å². The van der Waals surface area contributed by atoms with Crippen LogP contribution in [0.5, 0.6) is 0 Å². The van der Waals surface area contributed by atoms with Gasteiger partial charge in [0, 0.05) is 0 Å². The molecule has 0 saturated carbocycles. The molecule has 1 aliphatic rings. The molecule has 1 aliphatic heterocycles. The van der Waals surface area contributed by atoms with Crippen LogP contribution in [-0.4, -0.2) is 63.3 Å². The molecule has 2 heterocycles. The average Bonchev–Trinajstić information content (AvgIpc) is 3.34. The summed E-state index contributed by atoms with van der Waals surface area (Å²) in [5.41, 5.74) is 1.36. The van der Waals surface area contributed by atoms with Crippen molar-refractivity contribution in [3.8, 4) is 0 Å². The third kappa shape index (κ3) is 8.88. The summed E-state index contributed by atoms with van der Waals surface area (Å²) in [6.45, 7) is 10.2. The molecule has 0 atom stereocenters. The molecule has 0 bridgehead atoms. The van der Waals surface area contributed by atoms with E-state index in [9.17, 15) is 4.79 Å². The Balaban J connectivity index is 1.53. The molecule has 7 heteroatoms. The van der Waals surface area contributed by atoms with Crippen LogP contribution < -0.4 is 9.03 Å². The van der Waals surface area contributed by atoms with Crippen LogP contribution in [0.3, 0.4) is 0 Å². The molecule has 3 rings (SSSR count). The molecule has 1 N–H and O–H groups in total. The molecule has 1 amide bonds. The van der Waals surface area contributed by atoms with Gasteiger partial charge >= 0.3 is 187 Å². The van der Waals surface area contributed by atoms with Crippen molar-refractivity contribution in [2.24, 2.45) is 0 Å². The van der Waals surface area contributed by atoms with Gasteiger partial charge in [0.15, 0.2) is 0 Å². The van der Waals surface area contributed by atoms with Crippen LogP contribution in [0.4, 0.5) is 0 Å². The Morgan fingerprint density at radius 3 is 2.14 bits per heavy atom. The molecule has 1 saturated heterocycles. The second-order valence-electron chi connectivity index (χ2n) is 10.5. The second kappa shape index (κ2) is 15.0. The molecular weight excluding hydrogens is 541 g/mol. The molecule has 0 spiro atoms. The number of carbonyl (C=O) groups excluding carboxylic acids is 1. The van der Waals surface area contributed by atoms with Gasteiger partial charge in [-0.15, -0.1) is 0 Å². The zero-order valence-corrected chi connectivity index (χ0v) is 25.2. The van der Waals surface area contributed by atoms with Gasteiger partial charge in [-0.05, 0) is 0 Å². The van der Waals surface area contributed by atoms with E-state index in [2.05, 4.69) is 72.7 Å². The first-order chi connectivity index (χ1) is 17.1. The summed E-state index contributed by atoms with van der Waals surface area (Å²) in [5, 5.41) is 12.4. The number of hydrogen-bond acceptors (Lipinski definition) is 4. The number of likely N-dealkylation sites (tertiary alicyclic amines) is 1. The average molecular weight is 588 g/mol. The van der Waals surface area contributed by atoms with E-state index in [0.29, 0.717) is 0 Å². The minimum absolute atomic E-state index is 0.0689. The maximum absolute atomic E-state index is 12.8. The van der Waals surface area contributed by atoms with Crippen molar-refractivity contribution in [2.45, 2.75) is 105 Å². The molecule has 0 radical (unpaired) electrons. The molecule has 1 aromatic heterocycles. The Morgan fingerprint density at radius 2 is 1.57 bits per heavy atom. The van der Waals surface area contributed by atoms with Crippen molar-refractivity contribution in [1.82, 2.24) is 25.2 Å². The van der Waals surface area contributed by atoms with Crippen molar-refractivity contribution in [1.29, 1.82) is 0 Å². The molecule has 1 fully saturated rings. The number of rotatable bonds is 15. The number of unbranched alkanes of at least 4 members (excludes halogenated alkanes) is 3. The number of nitrogens with zero attached hydrogens (tertiary/aromatic N) is 4. The first kappa shape index (κ1) is 28.2. The topological polar surface area (TPSA) is 63.1 Å². The first-order valence-corrected chi connectivity index (χ1v) is 21.5. The fraction of sp³-hybridized carbons (Fsp3) is 0.679. The first-order valence-electron chi connectivity index (χ1n) is 14.0. The predicted octanol–water partition coefficient (Wildman–Crippen LogP) is 5.12. The van der Waals surface area contributed by atoms with E-state index >= 15 is 0 Å². The van der Waals surface area contributed by atoms with Crippen LogP contribution in [0.25, 0.3) is 0 Å². The summed E-state index contributed by atoms with van der Waals surface area (Å²) in [4.78, 5) is 15.3. The van der Waals surface area contributed by atoms with Crippen molar-refractivity contribution in [2.75, 3.05) is 13.1 Å². The van der Waals surface area contributed by atoms with E-state index in [0.717, 1.165) is 32.5 Å². The molecule has 2 aromatic rings. The molecule has 6 nitrogen and oxygen atoms in total. The monoisotopic (exact) mass is 589 g/mol. The molecule has 194 valence electrons. The number of hydrogen-bond donors (Lipinski definition) is 1. The molecule has 35 heavy (non-hydrogen) atoms. The van der Waals surface area contributed by atoms with Crippen LogP contribution in [-0.2, 0) is 17.9 Å². The van der Waals surface area contributed by atoms with Crippen molar-refractivity contribution < 1.29 is 4.79 Å². The van der Waals surface area contributed by atoms with Crippen LogP contribution in [0.2, 0.25) is 13.3 Å². The van der Waals surface area contributed by atoms with Gasteiger partial charge < -0.3 is 0 Å². The van der Waals surface area contributed by atoms with E-state index in [1.807, 2.05) is 4.68 Å². The number of aromatic nitrogens is 3. The zero-order valence-electron chi connectivity index (χ0n) is 22.3. The predicted molar refractivity (Wildman–Crippen MR) is 147 cm³/mol.